The molecule has 0 saturated heterocycles. The van der Waals surface area contributed by atoms with Crippen molar-refractivity contribution < 1.29 is 0 Å². The molecule has 0 spiro atoms. The number of rotatable bonds is 1. The van der Waals surface area contributed by atoms with Crippen LogP contribution in [0.25, 0.3) is 11.0 Å². The lowest BCUT2D eigenvalue weighted by molar-refractivity contribution is 0.813. The van der Waals surface area contributed by atoms with Gasteiger partial charge in [-0.15, -0.1) is 0 Å². The number of aromatic nitrogens is 2. The highest BCUT2D eigenvalue weighted by Gasteiger charge is 2.05. The van der Waals surface area contributed by atoms with Crippen LogP contribution in [-0.4, -0.2) is 9.55 Å². The van der Waals surface area contributed by atoms with Crippen LogP contribution in [0.4, 0.5) is 5.69 Å². The van der Waals surface area contributed by atoms with Crippen LogP contribution < -0.4 is 11.5 Å². The number of nitrogen functional groups attached to an aromatic ring is 1. The topological polar surface area (TPSA) is 69.9 Å². The highest BCUT2D eigenvalue weighted by Crippen LogP contribution is 2.17. The highest BCUT2D eigenvalue weighted by atomic mass is 15.1. The molecule has 0 saturated carbocycles. The monoisotopic (exact) mass is 176 g/mol. The Morgan fingerprint density at radius 2 is 2.23 bits per heavy atom. The van der Waals surface area contributed by atoms with Crippen molar-refractivity contribution in [2.75, 3.05) is 5.73 Å². The number of aryl methyl sites for hydroxylation is 1. The molecule has 0 amide bonds. The van der Waals surface area contributed by atoms with E-state index in [1.165, 1.54) is 0 Å². The first-order valence-electron chi connectivity index (χ1n) is 4.13. The van der Waals surface area contributed by atoms with E-state index < -0.39 is 0 Å². The van der Waals surface area contributed by atoms with Gasteiger partial charge >= 0.3 is 0 Å². The molecule has 0 aliphatic heterocycles. The summed E-state index contributed by atoms with van der Waals surface area (Å²) in [5.74, 6) is 0.876. The summed E-state index contributed by atoms with van der Waals surface area (Å²) in [6.45, 7) is 0.449. The SMILES string of the molecule is Cn1c(CN)nc2ccc(N)cc21. The third kappa shape index (κ3) is 1.15. The molecule has 0 atom stereocenters. The van der Waals surface area contributed by atoms with Gasteiger partial charge in [0.1, 0.15) is 5.82 Å². The van der Waals surface area contributed by atoms with Crippen LogP contribution in [0.1, 0.15) is 5.82 Å². The van der Waals surface area contributed by atoms with Crippen LogP contribution in [0.3, 0.4) is 0 Å². The van der Waals surface area contributed by atoms with E-state index >= 15 is 0 Å². The lowest BCUT2D eigenvalue weighted by Gasteiger charge is -1.98. The molecule has 68 valence electrons. The zero-order chi connectivity index (χ0) is 9.42. The van der Waals surface area contributed by atoms with Gasteiger partial charge in [0, 0.05) is 12.7 Å². The predicted molar refractivity (Wildman–Crippen MR) is 53.0 cm³/mol. The number of anilines is 1. The Hall–Kier alpha value is -1.55. The minimum Gasteiger partial charge on any atom is -0.399 e. The fourth-order valence-electron chi connectivity index (χ4n) is 1.44. The fourth-order valence-corrected chi connectivity index (χ4v) is 1.44. The second-order valence-corrected chi connectivity index (χ2v) is 3.04. The lowest BCUT2D eigenvalue weighted by atomic mass is 10.3. The number of benzene rings is 1. The highest BCUT2D eigenvalue weighted by molar-refractivity contribution is 5.79. The molecule has 4 N–H and O–H groups in total. The Bertz CT molecular complexity index is 444. The molecule has 4 heteroatoms. The molecule has 2 rings (SSSR count). The van der Waals surface area contributed by atoms with Gasteiger partial charge in [-0.25, -0.2) is 4.98 Å². The molecule has 1 aromatic heterocycles. The molecule has 13 heavy (non-hydrogen) atoms. The van der Waals surface area contributed by atoms with Gasteiger partial charge in [0.25, 0.3) is 0 Å². The summed E-state index contributed by atoms with van der Waals surface area (Å²) in [6, 6.07) is 5.65. The maximum atomic E-state index is 5.67. The summed E-state index contributed by atoms with van der Waals surface area (Å²) < 4.78 is 1.96. The van der Waals surface area contributed by atoms with Gasteiger partial charge in [-0.1, -0.05) is 0 Å². The number of nitrogens with zero attached hydrogens (tertiary/aromatic N) is 2. The maximum absolute atomic E-state index is 5.67. The Kier molecular flexibility index (Phi) is 1.70. The van der Waals surface area contributed by atoms with Crippen LogP contribution >= 0.6 is 0 Å². The second kappa shape index (κ2) is 2.74. The number of hydrogen-bond acceptors (Lipinski definition) is 3. The summed E-state index contributed by atoms with van der Waals surface area (Å²) in [5.41, 5.74) is 13.9. The van der Waals surface area contributed by atoms with Gasteiger partial charge < -0.3 is 16.0 Å². The smallest absolute Gasteiger partial charge is 0.123 e. The molecule has 0 aliphatic rings. The number of imidazole rings is 1. The van der Waals surface area contributed by atoms with Crippen LogP contribution in [0, 0.1) is 0 Å². The van der Waals surface area contributed by atoms with E-state index in [0.29, 0.717) is 6.54 Å². The zero-order valence-corrected chi connectivity index (χ0v) is 7.49. The summed E-state index contributed by atoms with van der Waals surface area (Å²) in [5, 5.41) is 0. The number of nitrogens with two attached hydrogens (primary N) is 2. The molecule has 1 aromatic carbocycles. The molecule has 4 nitrogen and oxygen atoms in total. The van der Waals surface area contributed by atoms with Crippen molar-refractivity contribution in [1.29, 1.82) is 0 Å². The fraction of sp³-hybridized carbons (Fsp3) is 0.222. The van der Waals surface area contributed by atoms with Crippen molar-refractivity contribution in [1.82, 2.24) is 9.55 Å². The van der Waals surface area contributed by atoms with Gasteiger partial charge in [0.15, 0.2) is 0 Å². The van der Waals surface area contributed by atoms with Crippen LogP contribution in [0.15, 0.2) is 18.2 Å². The van der Waals surface area contributed by atoms with Gasteiger partial charge in [-0.05, 0) is 18.2 Å². The molecule has 1 heterocycles. The molecule has 2 aromatic rings. The minimum absolute atomic E-state index is 0.449. The Morgan fingerprint density at radius 1 is 1.46 bits per heavy atom. The van der Waals surface area contributed by atoms with Crippen LogP contribution in [0.5, 0.6) is 0 Å². The van der Waals surface area contributed by atoms with E-state index in [2.05, 4.69) is 4.98 Å². The Morgan fingerprint density at radius 3 is 2.92 bits per heavy atom. The van der Waals surface area contributed by atoms with Gasteiger partial charge in [-0.3, -0.25) is 0 Å². The largest absolute Gasteiger partial charge is 0.399 e. The molecule has 0 aliphatic carbocycles. The van der Waals surface area contributed by atoms with E-state index in [-0.39, 0.29) is 0 Å². The second-order valence-electron chi connectivity index (χ2n) is 3.04. The first kappa shape index (κ1) is 8.07. The van der Waals surface area contributed by atoms with Crippen molar-refractivity contribution in [3.8, 4) is 0 Å². The number of fused-ring (bicyclic) bond motifs is 1. The third-order valence-electron chi connectivity index (χ3n) is 2.18. The van der Waals surface area contributed by atoms with E-state index in [9.17, 15) is 0 Å². The van der Waals surface area contributed by atoms with Crippen molar-refractivity contribution in [2.24, 2.45) is 12.8 Å². The Labute approximate surface area is 76.2 Å². The lowest BCUT2D eigenvalue weighted by Crippen LogP contribution is -2.04. The molecule has 0 bridgehead atoms. The summed E-state index contributed by atoms with van der Waals surface area (Å²) in [6.07, 6.45) is 0. The molecular weight excluding hydrogens is 164 g/mol. The molecule has 0 unspecified atom stereocenters. The van der Waals surface area contributed by atoms with E-state index in [4.69, 9.17) is 11.5 Å². The normalized spacial score (nSPS) is 10.9. The first-order valence-corrected chi connectivity index (χ1v) is 4.13. The van der Waals surface area contributed by atoms with E-state index in [1.807, 2.05) is 29.8 Å². The average molecular weight is 176 g/mol. The summed E-state index contributed by atoms with van der Waals surface area (Å²) in [4.78, 5) is 4.35. The molecular formula is C9H12N4. The maximum Gasteiger partial charge on any atom is 0.123 e. The summed E-state index contributed by atoms with van der Waals surface area (Å²) in [7, 11) is 1.94. The third-order valence-corrected chi connectivity index (χ3v) is 2.18. The summed E-state index contributed by atoms with van der Waals surface area (Å²) >= 11 is 0. The zero-order valence-electron chi connectivity index (χ0n) is 7.49. The van der Waals surface area contributed by atoms with Crippen molar-refractivity contribution >= 4 is 16.7 Å². The van der Waals surface area contributed by atoms with Crippen molar-refractivity contribution in [3.05, 3.63) is 24.0 Å². The van der Waals surface area contributed by atoms with Gasteiger partial charge in [-0.2, -0.15) is 0 Å². The predicted octanol–water partition coefficient (Wildman–Crippen LogP) is 0.614. The first-order chi connectivity index (χ1) is 6.22. The Balaban J connectivity index is 2.77. The standard InChI is InChI=1S/C9H12N4/c1-13-8-4-6(11)2-3-7(8)12-9(13)5-10/h2-4H,5,10-11H2,1H3. The van der Waals surface area contributed by atoms with E-state index in [1.54, 1.807) is 0 Å². The van der Waals surface area contributed by atoms with Gasteiger partial charge in [0.05, 0.1) is 17.6 Å². The van der Waals surface area contributed by atoms with Crippen molar-refractivity contribution in [2.45, 2.75) is 6.54 Å². The average Bonchev–Trinajstić information content (AvgIpc) is 2.44. The van der Waals surface area contributed by atoms with Gasteiger partial charge in [0.2, 0.25) is 0 Å². The molecule has 0 radical (unpaired) electrons. The minimum atomic E-state index is 0.449. The van der Waals surface area contributed by atoms with Crippen LogP contribution in [-0.2, 0) is 13.6 Å². The quantitative estimate of drug-likeness (QED) is 0.625. The van der Waals surface area contributed by atoms with E-state index in [0.717, 1.165) is 22.5 Å². The van der Waals surface area contributed by atoms with Crippen molar-refractivity contribution in [3.63, 3.8) is 0 Å². The van der Waals surface area contributed by atoms with Crippen LogP contribution in [0.2, 0.25) is 0 Å². The molecule has 0 fully saturated rings. The number of hydrogen-bond donors (Lipinski definition) is 2.